The lowest BCUT2D eigenvalue weighted by Gasteiger charge is -2.34. The molecule has 0 heterocycles. The number of primary amides is 1. The molecule has 0 saturated heterocycles. The van der Waals surface area contributed by atoms with Crippen LogP contribution in [0.3, 0.4) is 0 Å². The lowest BCUT2D eigenvalue weighted by Crippen LogP contribution is -2.52. The first-order valence-electron chi connectivity index (χ1n) is 7.18. The van der Waals surface area contributed by atoms with Gasteiger partial charge >= 0.3 is 0 Å². The van der Waals surface area contributed by atoms with Crippen LogP contribution in [0.1, 0.15) is 18.1 Å². The number of nitro groups is 1. The fourth-order valence-electron chi connectivity index (χ4n) is 2.70. The van der Waals surface area contributed by atoms with Crippen LogP contribution in [0.4, 0.5) is 5.69 Å². The topological polar surface area (TPSA) is 112 Å². The summed E-state index contributed by atoms with van der Waals surface area (Å²) in [5.41, 5.74) is 12.2. The van der Waals surface area contributed by atoms with E-state index in [4.69, 9.17) is 11.5 Å². The highest BCUT2D eigenvalue weighted by Gasteiger charge is 2.38. The van der Waals surface area contributed by atoms with Crippen molar-refractivity contribution < 1.29 is 9.72 Å². The van der Waals surface area contributed by atoms with Gasteiger partial charge in [-0.05, 0) is 17.5 Å². The molecule has 2 aromatic rings. The third-order valence-corrected chi connectivity index (χ3v) is 4.12. The van der Waals surface area contributed by atoms with Gasteiger partial charge in [-0.25, -0.2) is 0 Å². The Morgan fingerprint density at radius 3 is 2.43 bits per heavy atom. The van der Waals surface area contributed by atoms with Gasteiger partial charge in [0.05, 0.1) is 11.0 Å². The van der Waals surface area contributed by atoms with Gasteiger partial charge in [-0.3, -0.25) is 14.9 Å². The van der Waals surface area contributed by atoms with Crippen LogP contribution in [0, 0.1) is 10.1 Å². The molecule has 2 rings (SSSR count). The van der Waals surface area contributed by atoms with E-state index in [9.17, 15) is 14.9 Å². The van der Waals surface area contributed by atoms with Crippen LogP contribution in [0.5, 0.6) is 0 Å². The van der Waals surface area contributed by atoms with Gasteiger partial charge in [0.1, 0.15) is 0 Å². The number of nitrogens with two attached hydrogens (primary N) is 2. The van der Waals surface area contributed by atoms with E-state index < -0.39 is 22.3 Å². The molecule has 0 aliphatic heterocycles. The van der Waals surface area contributed by atoms with Gasteiger partial charge in [0, 0.05) is 17.5 Å². The summed E-state index contributed by atoms with van der Waals surface area (Å²) in [6.07, 6.45) is 0.444. The van der Waals surface area contributed by atoms with E-state index >= 15 is 0 Å². The Hall–Kier alpha value is -2.73. The molecule has 2 unspecified atom stereocenters. The fourth-order valence-corrected chi connectivity index (χ4v) is 2.70. The number of rotatable bonds is 6. The molecule has 23 heavy (non-hydrogen) atoms. The highest BCUT2D eigenvalue weighted by Crippen LogP contribution is 2.33. The van der Waals surface area contributed by atoms with Crippen LogP contribution in [-0.2, 0) is 16.6 Å². The summed E-state index contributed by atoms with van der Waals surface area (Å²) in [5, 5.41) is 11.0. The third kappa shape index (κ3) is 3.54. The van der Waals surface area contributed by atoms with Crippen LogP contribution in [-0.4, -0.2) is 16.9 Å². The third-order valence-electron chi connectivity index (χ3n) is 4.12. The van der Waals surface area contributed by atoms with Gasteiger partial charge in [0.2, 0.25) is 5.91 Å². The summed E-state index contributed by atoms with van der Waals surface area (Å²) in [5.74, 6) is -0.644. The van der Waals surface area contributed by atoms with Crippen LogP contribution in [0.25, 0.3) is 0 Å². The number of carbonyl (C=O) groups is 1. The molecule has 2 aromatic carbocycles. The number of hydrogen-bond donors (Lipinski definition) is 2. The first-order valence-corrected chi connectivity index (χ1v) is 7.18. The monoisotopic (exact) mass is 313 g/mol. The molecule has 2 atom stereocenters. The van der Waals surface area contributed by atoms with Crippen molar-refractivity contribution >= 4 is 11.6 Å². The summed E-state index contributed by atoms with van der Waals surface area (Å²) in [6, 6.07) is 14.7. The molecule has 1 amide bonds. The van der Waals surface area contributed by atoms with Crippen LogP contribution in [0.15, 0.2) is 54.6 Å². The quantitative estimate of drug-likeness (QED) is 0.626. The van der Waals surface area contributed by atoms with E-state index in [2.05, 4.69) is 0 Å². The van der Waals surface area contributed by atoms with E-state index in [0.717, 1.165) is 5.56 Å². The molecule has 0 aromatic heterocycles. The Kier molecular flexibility index (Phi) is 4.76. The van der Waals surface area contributed by atoms with Gasteiger partial charge in [0.15, 0.2) is 0 Å². The number of nitro benzene ring substituents is 1. The molecule has 0 fully saturated rings. The number of non-ortho nitro benzene ring substituents is 1. The summed E-state index contributed by atoms with van der Waals surface area (Å²) in [4.78, 5) is 22.2. The number of nitrogens with zero attached hydrogens (tertiary/aromatic N) is 1. The summed E-state index contributed by atoms with van der Waals surface area (Å²) < 4.78 is 0. The molecule has 6 nitrogen and oxygen atoms in total. The minimum absolute atomic E-state index is 0.0431. The van der Waals surface area contributed by atoms with Crippen molar-refractivity contribution in [3.63, 3.8) is 0 Å². The van der Waals surface area contributed by atoms with Crippen molar-refractivity contribution in [3.05, 3.63) is 75.8 Å². The normalized spacial score (nSPS) is 14.7. The van der Waals surface area contributed by atoms with Crippen molar-refractivity contribution in [1.29, 1.82) is 0 Å². The molecule has 120 valence electrons. The smallest absolute Gasteiger partial charge is 0.269 e. The molecular weight excluding hydrogens is 294 g/mol. The predicted octanol–water partition coefficient (Wildman–Crippen LogP) is 1.91. The number of carbonyl (C=O) groups excluding carboxylic acids is 1. The Morgan fingerprint density at radius 1 is 1.22 bits per heavy atom. The summed E-state index contributed by atoms with van der Waals surface area (Å²) in [7, 11) is 0. The predicted molar refractivity (Wildman–Crippen MR) is 87.8 cm³/mol. The van der Waals surface area contributed by atoms with E-state index in [-0.39, 0.29) is 5.69 Å². The molecule has 0 spiro atoms. The molecule has 0 aliphatic rings. The lowest BCUT2D eigenvalue weighted by atomic mass is 9.71. The Labute approximate surface area is 134 Å². The number of amides is 1. The van der Waals surface area contributed by atoms with Gasteiger partial charge in [-0.15, -0.1) is 0 Å². The van der Waals surface area contributed by atoms with Crippen molar-refractivity contribution in [2.45, 2.75) is 24.8 Å². The minimum Gasteiger partial charge on any atom is -0.368 e. The molecule has 0 aliphatic carbocycles. The van der Waals surface area contributed by atoms with Crippen molar-refractivity contribution in [1.82, 2.24) is 0 Å². The Morgan fingerprint density at radius 2 is 1.87 bits per heavy atom. The maximum Gasteiger partial charge on any atom is 0.269 e. The number of hydrogen-bond acceptors (Lipinski definition) is 4. The molecular formula is C17H19N3O3. The molecule has 4 N–H and O–H groups in total. The first kappa shape index (κ1) is 16.6. The minimum atomic E-state index is -0.968. The van der Waals surface area contributed by atoms with Gasteiger partial charge < -0.3 is 11.5 Å². The SMILES string of the molecule is CC(Cc1ccccc1)(c1cccc([N+](=O)[O-])c1)C(N)C(N)=O. The molecule has 0 saturated carbocycles. The fraction of sp³-hybridized carbons (Fsp3) is 0.235. The van der Waals surface area contributed by atoms with Gasteiger partial charge in [-0.2, -0.15) is 0 Å². The zero-order valence-electron chi connectivity index (χ0n) is 12.8. The van der Waals surface area contributed by atoms with E-state index in [1.54, 1.807) is 19.1 Å². The second kappa shape index (κ2) is 6.58. The van der Waals surface area contributed by atoms with Crippen LogP contribution < -0.4 is 11.5 Å². The van der Waals surface area contributed by atoms with Crippen LogP contribution >= 0.6 is 0 Å². The summed E-state index contributed by atoms with van der Waals surface area (Å²) in [6.45, 7) is 1.80. The van der Waals surface area contributed by atoms with Crippen LogP contribution in [0.2, 0.25) is 0 Å². The van der Waals surface area contributed by atoms with E-state index in [1.165, 1.54) is 12.1 Å². The average molecular weight is 313 g/mol. The average Bonchev–Trinajstić information content (AvgIpc) is 2.55. The zero-order chi connectivity index (χ0) is 17.0. The second-order valence-electron chi connectivity index (χ2n) is 5.77. The van der Waals surface area contributed by atoms with Gasteiger partial charge in [-0.1, -0.05) is 49.4 Å². The van der Waals surface area contributed by atoms with Crippen molar-refractivity contribution in [3.8, 4) is 0 Å². The first-order chi connectivity index (χ1) is 10.8. The lowest BCUT2D eigenvalue weighted by molar-refractivity contribution is -0.385. The summed E-state index contributed by atoms with van der Waals surface area (Å²) >= 11 is 0. The van der Waals surface area contributed by atoms with E-state index in [0.29, 0.717) is 12.0 Å². The highest BCUT2D eigenvalue weighted by atomic mass is 16.6. The Balaban J connectivity index is 2.51. The molecule has 0 radical (unpaired) electrons. The zero-order valence-corrected chi connectivity index (χ0v) is 12.8. The molecule has 6 heteroatoms. The molecule has 0 bridgehead atoms. The number of benzene rings is 2. The largest absolute Gasteiger partial charge is 0.368 e. The van der Waals surface area contributed by atoms with Crippen molar-refractivity contribution in [2.24, 2.45) is 11.5 Å². The maximum absolute atomic E-state index is 11.7. The van der Waals surface area contributed by atoms with Crippen molar-refractivity contribution in [2.75, 3.05) is 0 Å². The van der Waals surface area contributed by atoms with E-state index in [1.807, 2.05) is 30.3 Å². The maximum atomic E-state index is 11.7. The standard InChI is InChI=1S/C17H19N3O3/c1-17(15(18)16(19)21,11-12-6-3-2-4-7-12)13-8-5-9-14(10-13)20(22)23/h2-10,15H,11,18H2,1H3,(H2,19,21). The highest BCUT2D eigenvalue weighted by molar-refractivity contribution is 5.82. The second-order valence-corrected chi connectivity index (χ2v) is 5.77. The Bertz CT molecular complexity index is 718. The van der Waals surface area contributed by atoms with Gasteiger partial charge in [0.25, 0.3) is 5.69 Å².